The molecule has 0 fully saturated rings. The van der Waals surface area contributed by atoms with Crippen molar-refractivity contribution in [1.29, 1.82) is 0 Å². The van der Waals surface area contributed by atoms with Crippen LogP contribution in [0.2, 0.25) is 0 Å². The number of benzene rings is 2. The van der Waals surface area contributed by atoms with Crippen LogP contribution in [0.15, 0.2) is 48.5 Å². The molecule has 1 atom stereocenters. The van der Waals surface area contributed by atoms with Crippen LogP contribution >= 0.6 is 0 Å². The average molecular weight is 434 g/mol. The van der Waals surface area contributed by atoms with Crippen molar-refractivity contribution in [3.05, 3.63) is 59.9 Å². The first-order chi connectivity index (χ1) is 15.4. The summed E-state index contributed by atoms with van der Waals surface area (Å²) in [4.78, 5) is 42.1. The van der Waals surface area contributed by atoms with Crippen LogP contribution in [0, 0.1) is 5.92 Å². The van der Waals surface area contributed by atoms with E-state index >= 15 is 0 Å². The molecule has 0 bridgehead atoms. The molecule has 3 amide bonds. The van der Waals surface area contributed by atoms with Crippen LogP contribution in [0.3, 0.4) is 0 Å². The molecule has 32 heavy (non-hydrogen) atoms. The predicted molar refractivity (Wildman–Crippen MR) is 122 cm³/mol. The van der Waals surface area contributed by atoms with Crippen molar-refractivity contribution >= 4 is 34.4 Å². The van der Waals surface area contributed by atoms with Gasteiger partial charge in [-0.05, 0) is 36.6 Å². The Balaban J connectivity index is 1.37. The highest BCUT2D eigenvalue weighted by Crippen LogP contribution is 2.20. The molecule has 3 aromatic rings. The molecule has 1 aromatic heterocycles. The Morgan fingerprint density at radius 2 is 1.88 bits per heavy atom. The molecule has 0 spiro atoms. The summed E-state index contributed by atoms with van der Waals surface area (Å²) in [5.41, 5.74) is 2.83. The molecule has 1 aliphatic rings. The number of carbonyl (C=O) groups is 3. The van der Waals surface area contributed by atoms with Gasteiger partial charge in [-0.2, -0.15) is 0 Å². The van der Waals surface area contributed by atoms with Crippen molar-refractivity contribution in [2.24, 2.45) is 5.92 Å². The van der Waals surface area contributed by atoms with Gasteiger partial charge in [-0.25, -0.2) is 4.98 Å². The second kappa shape index (κ2) is 9.21. The highest BCUT2D eigenvalue weighted by atomic mass is 16.2. The van der Waals surface area contributed by atoms with Crippen molar-refractivity contribution in [3.63, 3.8) is 0 Å². The molecule has 3 N–H and O–H groups in total. The maximum Gasteiger partial charge on any atom is 0.254 e. The van der Waals surface area contributed by atoms with Crippen molar-refractivity contribution in [2.45, 2.75) is 45.8 Å². The van der Waals surface area contributed by atoms with Gasteiger partial charge in [0.25, 0.3) is 5.91 Å². The van der Waals surface area contributed by atoms with E-state index in [2.05, 4.69) is 39.3 Å². The number of carbonyl (C=O) groups excluding carboxylic acids is 3. The lowest BCUT2D eigenvalue weighted by atomic mass is 10.1. The fraction of sp³-hybridized carbons (Fsp3) is 0.333. The Bertz CT molecular complexity index is 1170. The van der Waals surface area contributed by atoms with Gasteiger partial charge in [0, 0.05) is 13.0 Å². The summed E-state index contributed by atoms with van der Waals surface area (Å²) in [6.07, 6.45) is 0.318. The molecule has 0 saturated heterocycles. The van der Waals surface area contributed by atoms with Crippen LogP contribution in [-0.4, -0.2) is 33.3 Å². The van der Waals surface area contributed by atoms with Gasteiger partial charge < -0.3 is 20.5 Å². The van der Waals surface area contributed by atoms with E-state index in [9.17, 15) is 14.4 Å². The highest BCUT2D eigenvalue weighted by Gasteiger charge is 2.27. The first kappa shape index (κ1) is 21.5. The van der Waals surface area contributed by atoms with Gasteiger partial charge in [0.1, 0.15) is 11.9 Å². The number of nitrogens with zero attached hydrogens (tertiary/aromatic N) is 2. The lowest BCUT2D eigenvalue weighted by Crippen LogP contribution is -2.42. The molecular weight excluding hydrogens is 406 g/mol. The van der Waals surface area contributed by atoms with Gasteiger partial charge in [0.05, 0.1) is 28.8 Å². The number of imidazole rings is 1. The molecule has 8 nitrogen and oxygen atoms in total. The summed E-state index contributed by atoms with van der Waals surface area (Å²) in [5.74, 6) is 0.381. The van der Waals surface area contributed by atoms with E-state index in [0.717, 1.165) is 23.4 Å². The van der Waals surface area contributed by atoms with Crippen LogP contribution in [0.1, 0.15) is 42.9 Å². The second-order valence-corrected chi connectivity index (χ2v) is 8.40. The summed E-state index contributed by atoms with van der Waals surface area (Å²) in [5, 5.41) is 8.38. The van der Waals surface area contributed by atoms with Crippen LogP contribution in [-0.2, 0) is 22.7 Å². The lowest BCUT2D eigenvalue weighted by Gasteiger charge is -2.15. The van der Waals surface area contributed by atoms with E-state index in [1.54, 1.807) is 24.3 Å². The molecule has 0 radical (unpaired) electrons. The van der Waals surface area contributed by atoms with Crippen LogP contribution in [0.4, 0.5) is 5.69 Å². The average Bonchev–Trinajstić information content (AvgIpc) is 3.05. The third kappa shape index (κ3) is 4.64. The molecule has 0 saturated carbocycles. The predicted octanol–water partition coefficient (Wildman–Crippen LogP) is 2.84. The van der Waals surface area contributed by atoms with Crippen molar-refractivity contribution in [3.8, 4) is 0 Å². The number of nitrogens with one attached hydrogen (secondary N) is 3. The smallest absolute Gasteiger partial charge is 0.254 e. The largest absolute Gasteiger partial charge is 0.349 e. The summed E-state index contributed by atoms with van der Waals surface area (Å²) in [7, 11) is 0. The Labute approximate surface area is 186 Å². The monoisotopic (exact) mass is 433 g/mol. The number of hydrogen-bond donors (Lipinski definition) is 3. The number of hydrogen-bond acceptors (Lipinski definition) is 4. The van der Waals surface area contributed by atoms with E-state index in [1.165, 1.54) is 0 Å². The summed E-state index contributed by atoms with van der Waals surface area (Å²) in [6, 6.07) is 14.0. The Hall–Kier alpha value is -3.68. The van der Waals surface area contributed by atoms with Gasteiger partial charge in [0.15, 0.2) is 0 Å². The van der Waals surface area contributed by atoms with Crippen LogP contribution < -0.4 is 16.0 Å². The van der Waals surface area contributed by atoms with Gasteiger partial charge >= 0.3 is 0 Å². The highest BCUT2D eigenvalue weighted by molar-refractivity contribution is 6.09. The number of anilines is 1. The van der Waals surface area contributed by atoms with Crippen LogP contribution in [0.5, 0.6) is 0 Å². The second-order valence-electron chi connectivity index (χ2n) is 8.40. The number of fused-ring (bicyclic) bond motifs is 2. The minimum absolute atomic E-state index is 0.110. The molecule has 1 aliphatic heterocycles. The first-order valence-electron chi connectivity index (χ1n) is 10.8. The van der Waals surface area contributed by atoms with Crippen LogP contribution in [0.25, 0.3) is 11.0 Å². The third-order valence-corrected chi connectivity index (χ3v) is 5.44. The molecule has 166 valence electrons. The standard InChI is InChI=1S/C24H27N5O3/c1-15(2)14-29-20-10-6-5-9-18(20)26-21(29)13-25-22(30)12-11-19-24(32)27-17-8-4-3-7-16(17)23(31)28-19/h3-10,15,19H,11-14H2,1-2H3,(H,25,30)(H,27,32)(H,28,31)/t19-/m0/s1. The summed E-state index contributed by atoms with van der Waals surface area (Å²) < 4.78 is 2.14. The molecule has 4 rings (SSSR count). The normalized spacial score (nSPS) is 15.8. The zero-order chi connectivity index (χ0) is 22.7. The zero-order valence-corrected chi connectivity index (χ0v) is 18.2. The minimum atomic E-state index is -0.772. The zero-order valence-electron chi connectivity index (χ0n) is 18.2. The van der Waals surface area contributed by atoms with Gasteiger partial charge in [-0.15, -0.1) is 0 Å². The number of para-hydroxylation sites is 3. The quantitative estimate of drug-likeness (QED) is 0.533. The number of amides is 3. The van der Waals surface area contributed by atoms with Crippen molar-refractivity contribution in [2.75, 3.05) is 5.32 Å². The molecule has 8 heteroatoms. The first-order valence-corrected chi connectivity index (χ1v) is 10.8. The van der Waals surface area contributed by atoms with E-state index in [4.69, 9.17) is 0 Å². The van der Waals surface area contributed by atoms with E-state index in [0.29, 0.717) is 23.7 Å². The molecule has 0 unspecified atom stereocenters. The molecule has 0 aliphatic carbocycles. The Morgan fingerprint density at radius 1 is 1.12 bits per heavy atom. The Kier molecular flexibility index (Phi) is 6.20. The molecular formula is C24H27N5O3. The lowest BCUT2D eigenvalue weighted by molar-refractivity contribution is -0.122. The van der Waals surface area contributed by atoms with Gasteiger partial charge in [-0.1, -0.05) is 38.1 Å². The maximum atomic E-state index is 12.5. The van der Waals surface area contributed by atoms with Gasteiger partial charge in [0.2, 0.25) is 11.8 Å². The fourth-order valence-corrected chi connectivity index (χ4v) is 3.89. The summed E-state index contributed by atoms with van der Waals surface area (Å²) in [6.45, 7) is 5.39. The summed E-state index contributed by atoms with van der Waals surface area (Å²) >= 11 is 0. The van der Waals surface area contributed by atoms with E-state index in [1.807, 2.05) is 24.3 Å². The van der Waals surface area contributed by atoms with Crippen molar-refractivity contribution in [1.82, 2.24) is 20.2 Å². The maximum absolute atomic E-state index is 12.5. The minimum Gasteiger partial charge on any atom is -0.349 e. The molecule has 2 heterocycles. The SMILES string of the molecule is CC(C)Cn1c(CNC(=O)CC[C@@H]2NC(=O)c3ccccc3NC2=O)nc2ccccc21. The third-order valence-electron chi connectivity index (χ3n) is 5.44. The fourth-order valence-electron chi connectivity index (χ4n) is 3.89. The Morgan fingerprint density at radius 3 is 2.69 bits per heavy atom. The van der Waals surface area contributed by atoms with E-state index in [-0.39, 0.29) is 30.6 Å². The number of rotatable bonds is 7. The molecule has 2 aromatic carbocycles. The van der Waals surface area contributed by atoms with Crippen molar-refractivity contribution < 1.29 is 14.4 Å². The topological polar surface area (TPSA) is 105 Å². The van der Waals surface area contributed by atoms with E-state index < -0.39 is 6.04 Å². The number of aromatic nitrogens is 2. The van der Waals surface area contributed by atoms with Gasteiger partial charge in [-0.3, -0.25) is 14.4 Å².